The van der Waals surface area contributed by atoms with Crippen LogP contribution in [0.5, 0.6) is 0 Å². The molecule has 0 bridgehead atoms. The van der Waals surface area contributed by atoms with Gasteiger partial charge in [0, 0.05) is 6.54 Å². The minimum absolute atomic E-state index is 0.342. The Balaban J connectivity index is 2.41. The van der Waals surface area contributed by atoms with Gasteiger partial charge >= 0.3 is 5.97 Å². The smallest absolute Gasteiger partial charge is 0.315 e. The maximum atomic E-state index is 12.7. The molecular formula is C11H12FNO2. The van der Waals surface area contributed by atoms with E-state index in [2.05, 4.69) is 5.32 Å². The second-order valence-corrected chi connectivity index (χ2v) is 3.82. The topological polar surface area (TPSA) is 49.3 Å². The lowest BCUT2D eigenvalue weighted by Crippen LogP contribution is -2.37. The second kappa shape index (κ2) is 3.62. The summed E-state index contributed by atoms with van der Waals surface area (Å²) in [5.41, 5.74) is -0.213. The van der Waals surface area contributed by atoms with Crippen molar-refractivity contribution in [3.63, 3.8) is 0 Å². The van der Waals surface area contributed by atoms with Crippen molar-refractivity contribution < 1.29 is 14.3 Å². The summed E-state index contributed by atoms with van der Waals surface area (Å²) in [6, 6.07) is 5.71. The zero-order valence-corrected chi connectivity index (χ0v) is 8.16. The fourth-order valence-corrected chi connectivity index (χ4v) is 2.01. The summed E-state index contributed by atoms with van der Waals surface area (Å²) in [6.07, 6.45) is 0.550. The number of nitrogens with one attached hydrogen (secondary N) is 1. The molecule has 2 N–H and O–H groups in total. The summed E-state index contributed by atoms with van der Waals surface area (Å²) in [5.74, 6) is -1.19. The lowest BCUT2D eigenvalue weighted by Gasteiger charge is -2.23. The molecule has 80 valence electrons. The van der Waals surface area contributed by atoms with E-state index in [1.807, 2.05) is 0 Å². The molecule has 2 rings (SSSR count). The van der Waals surface area contributed by atoms with Gasteiger partial charge in [-0.05, 0) is 30.7 Å². The summed E-state index contributed by atoms with van der Waals surface area (Å²) in [6.45, 7) is 1.09. The fourth-order valence-electron chi connectivity index (χ4n) is 2.01. The summed E-state index contributed by atoms with van der Waals surface area (Å²) >= 11 is 0. The molecule has 0 aliphatic carbocycles. The predicted molar refractivity (Wildman–Crippen MR) is 53.2 cm³/mol. The van der Waals surface area contributed by atoms with Gasteiger partial charge in [-0.3, -0.25) is 4.79 Å². The molecule has 4 heteroatoms. The first-order chi connectivity index (χ1) is 7.15. The number of hydrogen-bond acceptors (Lipinski definition) is 2. The Morgan fingerprint density at radius 1 is 1.40 bits per heavy atom. The highest BCUT2D eigenvalue weighted by Gasteiger charge is 2.42. The predicted octanol–water partition coefficient (Wildman–Crippen LogP) is 1.14. The fraction of sp³-hybridized carbons (Fsp3) is 0.364. The van der Waals surface area contributed by atoms with Crippen LogP contribution in [0.15, 0.2) is 24.3 Å². The van der Waals surface area contributed by atoms with E-state index in [0.29, 0.717) is 25.1 Å². The third kappa shape index (κ3) is 1.61. The largest absolute Gasteiger partial charge is 0.481 e. The summed E-state index contributed by atoms with van der Waals surface area (Å²) in [5, 5.41) is 12.3. The Hall–Kier alpha value is -1.42. The molecule has 1 aromatic carbocycles. The van der Waals surface area contributed by atoms with Crippen LogP contribution in [-0.4, -0.2) is 24.2 Å². The van der Waals surface area contributed by atoms with Crippen molar-refractivity contribution >= 4 is 5.97 Å². The van der Waals surface area contributed by atoms with E-state index in [-0.39, 0.29) is 5.82 Å². The van der Waals surface area contributed by atoms with Crippen LogP contribution in [0.1, 0.15) is 12.0 Å². The van der Waals surface area contributed by atoms with E-state index in [0.717, 1.165) is 0 Å². The lowest BCUT2D eigenvalue weighted by atomic mass is 9.80. The van der Waals surface area contributed by atoms with Crippen LogP contribution in [0.2, 0.25) is 0 Å². The van der Waals surface area contributed by atoms with Gasteiger partial charge in [-0.1, -0.05) is 12.1 Å². The van der Waals surface area contributed by atoms with E-state index in [9.17, 15) is 14.3 Å². The number of carboxylic acids is 1. The maximum absolute atomic E-state index is 12.7. The van der Waals surface area contributed by atoms with Crippen molar-refractivity contribution in [2.45, 2.75) is 11.8 Å². The number of carboxylic acid groups (broad SMARTS) is 1. The van der Waals surface area contributed by atoms with Crippen molar-refractivity contribution in [2.75, 3.05) is 13.1 Å². The molecule has 0 amide bonds. The molecule has 0 radical (unpaired) electrons. The highest BCUT2D eigenvalue weighted by atomic mass is 19.1. The number of rotatable bonds is 2. The van der Waals surface area contributed by atoms with Gasteiger partial charge in [0.05, 0.1) is 0 Å². The van der Waals surface area contributed by atoms with E-state index in [4.69, 9.17) is 0 Å². The third-order valence-corrected chi connectivity index (χ3v) is 2.96. The summed E-state index contributed by atoms with van der Waals surface area (Å²) in [7, 11) is 0. The molecule has 3 nitrogen and oxygen atoms in total. The molecule has 0 saturated carbocycles. The van der Waals surface area contributed by atoms with E-state index >= 15 is 0 Å². The van der Waals surface area contributed by atoms with Gasteiger partial charge in [0.15, 0.2) is 0 Å². The van der Waals surface area contributed by atoms with Gasteiger partial charge in [0.25, 0.3) is 0 Å². The molecule has 1 fully saturated rings. The minimum Gasteiger partial charge on any atom is -0.481 e. The Morgan fingerprint density at radius 3 is 2.53 bits per heavy atom. The quantitative estimate of drug-likeness (QED) is 0.768. The van der Waals surface area contributed by atoms with Crippen LogP contribution >= 0.6 is 0 Å². The van der Waals surface area contributed by atoms with Gasteiger partial charge in [0.2, 0.25) is 0 Å². The van der Waals surface area contributed by atoms with Crippen molar-refractivity contribution in [1.29, 1.82) is 0 Å². The first-order valence-corrected chi connectivity index (χ1v) is 4.85. The van der Waals surface area contributed by atoms with Gasteiger partial charge in [-0.25, -0.2) is 4.39 Å². The van der Waals surface area contributed by atoms with Crippen LogP contribution in [0, 0.1) is 5.82 Å². The summed E-state index contributed by atoms with van der Waals surface area (Å²) < 4.78 is 12.7. The number of carbonyl (C=O) groups is 1. The van der Waals surface area contributed by atoms with Gasteiger partial charge in [-0.15, -0.1) is 0 Å². The molecule has 0 aromatic heterocycles. The Kier molecular flexibility index (Phi) is 2.44. The SMILES string of the molecule is O=C(O)C1(c2ccc(F)cc2)CCNC1. The molecule has 1 aliphatic heterocycles. The van der Waals surface area contributed by atoms with E-state index in [1.54, 1.807) is 12.1 Å². The molecule has 1 saturated heterocycles. The first-order valence-electron chi connectivity index (χ1n) is 4.85. The Bertz CT molecular complexity index is 369. The van der Waals surface area contributed by atoms with Gasteiger partial charge < -0.3 is 10.4 Å². The molecule has 1 atom stereocenters. The molecule has 15 heavy (non-hydrogen) atoms. The molecule has 1 heterocycles. The van der Waals surface area contributed by atoms with Crippen molar-refractivity contribution in [2.24, 2.45) is 0 Å². The van der Waals surface area contributed by atoms with Crippen LogP contribution in [0.4, 0.5) is 4.39 Å². The van der Waals surface area contributed by atoms with Crippen LogP contribution in [0.25, 0.3) is 0 Å². The highest BCUT2D eigenvalue weighted by Crippen LogP contribution is 2.31. The molecule has 1 unspecified atom stereocenters. The van der Waals surface area contributed by atoms with Crippen molar-refractivity contribution in [3.8, 4) is 0 Å². The average molecular weight is 209 g/mol. The number of halogens is 1. The monoisotopic (exact) mass is 209 g/mol. The minimum atomic E-state index is -0.881. The standard InChI is InChI=1S/C11H12FNO2/c12-9-3-1-8(2-4-9)11(10(14)15)5-6-13-7-11/h1-4,13H,5-7H2,(H,14,15). The number of aliphatic carboxylic acids is 1. The molecule has 0 spiro atoms. The Labute approximate surface area is 86.9 Å². The van der Waals surface area contributed by atoms with Crippen LogP contribution in [-0.2, 0) is 10.2 Å². The highest BCUT2D eigenvalue weighted by molar-refractivity contribution is 5.82. The lowest BCUT2D eigenvalue weighted by molar-refractivity contribution is -0.143. The molecule has 1 aliphatic rings. The second-order valence-electron chi connectivity index (χ2n) is 3.82. The zero-order valence-electron chi connectivity index (χ0n) is 8.16. The van der Waals surface area contributed by atoms with Crippen LogP contribution in [0.3, 0.4) is 0 Å². The Morgan fingerprint density at radius 2 is 2.07 bits per heavy atom. The first kappa shape index (κ1) is 10.1. The zero-order chi connectivity index (χ0) is 10.9. The third-order valence-electron chi connectivity index (χ3n) is 2.96. The average Bonchev–Trinajstić information content (AvgIpc) is 2.69. The number of hydrogen-bond donors (Lipinski definition) is 2. The van der Waals surface area contributed by atoms with E-state index < -0.39 is 11.4 Å². The summed E-state index contributed by atoms with van der Waals surface area (Å²) in [4.78, 5) is 11.3. The number of benzene rings is 1. The van der Waals surface area contributed by atoms with Gasteiger partial charge in [0.1, 0.15) is 11.2 Å². The van der Waals surface area contributed by atoms with Crippen molar-refractivity contribution in [3.05, 3.63) is 35.6 Å². The van der Waals surface area contributed by atoms with Crippen molar-refractivity contribution in [1.82, 2.24) is 5.32 Å². The van der Waals surface area contributed by atoms with Gasteiger partial charge in [-0.2, -0.15) is 0 Å². The normalized spacial score (nSPS) is 25.4. The van der Waals surface area contributed by atoms with Crippen LogP contribution < -0.4 is 5.32 Å². The van der Waals surface area contributed by atoms with E-state index in [1.165, 1.54) is 12.1 Å². The molecule has 1 aromatic rings. The molecular weight excluding hydrogens is 197 g/mol. The maximum Gasteiger partial charge on any atom is 0.315 e.